The number of carbonyl (C=O) groups excluding carboxylic acids is 1. The molecule has 0 saturated heterocycles. The van der Waals surface area contributed by atoms with Crippen LogP contribution < -0.4 is 4.74 Å². The van der Waals surface area contributed by atoms with Gasteiger partial charge < -0.3 is 9.47 Å². The highest BCUT2D eigenvalue weighted by molar-refractivity contribution is 6.13. The maximum absolute atomic E-state index is 12.2. The van der Waals surface area contributed by atoms with Gasteiger partial charge in [-0.05, 0) is 40.6 Å². The summed E-state index contributed by atoms with van der Waals surface area (Å²) in [6, 6.07) is 21.3. The number of nitrogens with zero attached hydrogens (tertiary/aromatic N) is 1. The monoisotopic (exact) mass is 329 g/mol. The average molecular weight is 329 g/mol. The van der Waals surface area contributed by atoms with Crippen molar-refractivity contribution in [2.45, 2.75) is 0 Å². The summed E-state index contributed by atoms with van der Waals surface area (Å²) < 4.78 is 10.5. The van der Waals surface area contributed by atoms with Crippen molar-refractivity contribution in [3.05, 3.63) is 83.6 Å². The van der Waals surface area contributed by atoms with Crippen molar-refractivity contribution < 1.29 is 14.3 Å². The third-order valence-electron chi connectivity index (χ3n) is 4.05. The summed E-state index contributed by atoms with van der Waals surface area (Å²) in [6.45, 7) is 0. The van der Waals surface area contributed by atoms with E-state index in [2.05, 4.69) is 4.99 Å². The van der Waals surface area contributed by atoms with Gasteiger partial charge in [0.2, 0.25) is 5.90 Å². The summed E-state index contributed by atoms with van der Waals surface area (Å²) in [5.74, 6) is 0.517. The van der Waals surface area contributed by atoms with Crippen LogP contribution in [0.3, 0.4) is 0 Å². The van der Waals surface area contributed by atoms with E-state index < -0.39 is 5.97 Å². The van der Waals surface area contributed by atoms with Crippen LogP contribution in [0.4, 0.5) is 0 Å². The van der Waals surface area contributed by atoms with E-state index in [1.807, 2.05) is 60.7 Å². The second-order valence-electron chi connectivity index (χ2n) is 5.64. The highest BCUT2D eigenvalue weighted by Gasteiger charge is 2.24. The van der Waals surface area contributed by atoms with E-state index in [1.54, 1.807) is 19.3 Å². The van der Waals surface area contributed by atoms with Gasteiger partial charge in [0, 0.05) is 5.56 Å². The molecule has 0 radical (unpaired) electrons. The van der Waals surface area contributed by atoms with Crippen LogP contribution in [0.25, 0.3) is 16.8 Å². The Bertz CT molecular complexity index is 1030. The molecule has 0 spiro atoms. The smallest absolute Gasteiger partial charge is 0.363 e. The number of esters is 1. The van der Waals surface area contributed by atoms with Gasteiger partial charge in [-0.2, -0.15) is 0 Å². The zero-order valence-electron chi connectivity index (χ0n) is 13.6. The topological polar surface area (TPSA) is 47.9 Å². The first-order chi connectivity index (χ1) is 12.2. The minimum atomic E-state index is -0.453. The van der Waals surface area contributed by atoms with Gasteiger partial charge in [-0.1, -0.05) is 48.5 Å². The molecule has 0 aliphatic carbocycles. The molecule has 0 bridgehead atoms. The molecule has 0 amide bonds. The quantitative estimate of drug-likeness (QED) is 0.535. The van der Waals surface area contributed by atoms with Gasteiger partial charge in [-0.15, -0.1) is 0 Å². The van der Waals surface area contributed by atoms with Crippen LogP contribution >= 0.6 is 0 Å². The number of aliphatic imine (C=N–C) groups is 1. The van der Waals surface area contributed by atoms with Crippen LogP contribution in [0.5, 0.6) is 5.75 Å². The minimum Gasteiger partial charge on any atom is -0.497 e. The fourth-order valence-electron chi connectivity index (χ4n) is 2.81. The van der Waals surface area contributed by atoms with E-state index in [9.17, 15) is 4.79 Å². The van der Waals surface area contributed by atoms with Crippen molar-refractivity contribution in [3.8, 4) is 5.75 Å². The first kappa shape index (κ1) is 15.1. The summed E-state index contributed by atoms with van der Waals surface area (Å²) in [5.41, 5.74) is 1.92. The Hall–Kier alpha value is -3.40. The van der Waals surface area contributed by atoms with E-state index >= 15 is 0 Å². The molecule has 4 nitrogen and oxygen atoms in total. The van der Waals surface area contributed by atoms with Crippen molar-refractivity contribution in [2.75, 3.05) is 7.11 Å². The first-order valence-electron chi connectivity index (χ1n) is 7.89. The molecular weight excluding hydrogens is 314 g/mol. The fraction of sp³-hybridized carbons (Fsp3) is 0.0476. The second kappa shape index (κ2) is 6.24. The number of carbonyl (C=O) groups is 1. The molecule has 0 fully saturated rings. The summed E-state index contributed by atoms with van der Waals surface area (Å²) >= 11 is 0. The van der Waals surface area contributed by atoms with Crippen LogP contribution in [-0.2, 0) is 9.53 Å². The molecule has 0 saturated carbocycles. The molecule has 3 aromatic rings. The number of cyclic esters (lactones) is 1. The van der Waals surface area contributed by atoms with E-state index in [0.29, 0.717) is 11.3 Å². The van der Waals surface area contributed by atoms with Gasteiger partial charge in [-0.25, -0.2) is 9.79 Å². The predicted octanol–water partition coefficient (Wildman–Crippen LogP) is 4.19. The Balaban J connectivity index is 1.75. The summed E-state index contributed by atoms with van der Waals surface area (Å²) in [6.07, 6.45) is 1.76. The van der Waals surface area contributed by atoms with Crippen LogP contribution in [0, 0.1) is 0 Å². The predicted molar refractivity (Wildman–Crippen MR) is 97.5 cm³/mol. The van der Waals surface area contributed by atoms with Gasteiger partial charge in [-0.3, -0.25) is 0 Å². The Kier molecular flexibility index (Phi) is 3.78. The summed E-state index contributed by atoms with van der Waals surface area (Å²) in [5, 5.41) is 2.18. The van der Waals surface area contributed by atoms with Gasteiger partial charge in [0.1, 0.15) is 5.75 Å². The molecule has 1 heterocycles. The van der Waals surface area contributed by atoms with Crippen LogP contribution in [0.1, 0.15) is 11.1 Å². The largest absolute Gasteiger partial charge is 0.497 e. The summed E-state index contributed by atoms with van der Waals surface area (Å²) in [4.78, 5) is 16.6. The number of fused-ring (bicyclic) bond motifs is 1. The van der Waals surface area contributed by atoms with Crippen molar-refractivity contribution >= 4 is 28.7 Å². The van der Waals surface area contributed by atoms with Gasteiger partial charge in [0.25, 0.3) is 0 Å². The van der Waals surface area contributed by atoms with Gasteiger partial charge >= 0.3 is 5.97 Å². The van der Waals surface area contributed by atoms with Crippen molar-refractivity contribution in [1.82, 2.24) is 0 Å². The molecular formula is C21H15NO3. The number of hydrogen-bond donors (Lipinski definition) is 0. The minimum absolute atomic E-state index is 0.286. The molecule has 25 heavy (non-hydrogen) atoms. The van der Waals surface area contributed by atoms with E-state index in [1.165, 1.54) is 0 Å². The normalized spacial score (nSPS) is 15.3. The Morgan fingerprint density at radius 1 is 1.00 bits per heavy atom. The molecule has 1 aliphatic heterocycles. The van der Waals surface area contributed by atoms with Crippen LogP contribution in [0.15, 0.2) is 77.4 Å². The third kappa shape index (κ3) is 2.90. The highest BCUT2D eigenvalue weighted by atomic mass is 16.6. The van der Waals surface area contributed by atoms with Gasteiger partial charge in [0.15, 0.2) is 5.70 Å². The highest BCUT2D eigenvalue weighted by Crippen LogP contribution is 2.25. The zero-order chi connectivity index (χ0) is 17.2. The number of rotatable bonds is 3. The molecule has 4 heteroatoms. The van der Waals surface area contributed by atoms with Crippen molar-refractivity contribution in [2.24, 2.45) is 4.99 Å². The maximum Gasteiger partial charge on any atom is 0.363 e. The number of methoxy groups -OCH3 is 1. The lowest BCUT2D eigenvalue weighted by Crippen LogP contribution is -2.05. The average Bonchev–Trinajstić information content (AvgIpc) is 3.03. The fourth-order valence-corrected chi connectivity index (χ4v) is 2.81. The zero-order valence-corrected chi connectivity index (χ0v) is 13.6. The van der Waals surface area contributed by atoms with Gasteiger partial charge in [0.05, 0.1) is 7.11 Å². The third-order valence-corrected chi connectivity index (χ3v) is 4.05. The Morgan fingerprint density at radius 2 is 1.80 bits per heavy atom. The standard InChI is InChI=1S/C21H15NO3/c1-24-17-10-5-9-16(12-17)20-22-19(21(23)25-20)13-15-8-4-7-14-6-2-3-11-18(14)15/h2-13H,1H3/b19-13-. The lowest BCUT2D eigenvalue weighted by atomic mass is 10.0. The van der Waals surface area contributed by atoms with E-state index in [-0.39, 0.29) is 11.6 Å². The molecule has 0 atom stereocenters. The number of ether oxygens (including phenoxy) is 2. The Labute approximate surface area is 145 Å². The van der Waals surface area contributed by atoms with E-state index in [4.69, 9.17) is 9.47 Å². The molecule has 0 aromatic heterocycles. The number of benzene rings is 3. The van der Waals surface area contributed by atoms with Crippen molar-refractivity contribution in [1.29, 1.82) is 0 Å². The van der Waals surface area contributed by atoms with E-state index in [0.717, 1.165) is 16.3 Å². The molecule has 1 aliphatic rings. The lowest BCUT2D eigenvalue weighted by Gasteiger charge is -2.02. The van der Waals surface area contributed by atoms with Crippen molar-refractivity contribution in [3.63, 3.8) is 0 Å². The molecule has 0 unspecified atom stereocenters. The maximum atomic E-state index is 12.2. The molecule has 3 aromatic carbocycles. The molecule has 4 rings (SSSR count). The SMILES string of the molecule is COc1cccc(C2=N/C(=C\c3cccc4ccccc34)C(=O)O2)c1. The molecule has 0 N–H and O–H groups in total. The lowest BCUT2D eigenvalue weighted by molar-refractivity contribution is -0.129. The Morgan fingerprint density at radius 3 is 2.68 bits per heavy atom. The van der Waals surface area contributed by atoms with Crippen LogP contribution in [-0.4, -0.2) is 19.0 Å². The summed E-state index contributed by atoms with van der Waals surface area (Å²) in [7, 11) is 1.59. The molecule has 122 valence electrons. The number of hydrogen-bond acceptors (Lipinski definition) is 4. The second-order valence-corrected chi connectivity index (χ2v) is 5.64. The first-order valence-corrected chi connectivity index (χ1v) is 7.89. The van der Waals surface area contributed by atoms with Crippen LogP contribution in [0.2, 0.25) is 0 Å².